The number of para-hydroxylation sites is 4. The molecule has 0 radical (unpaired) electrons. The number of benzene rings is 9. The molecule has 0 bridgehead atoms. The van der Waals surface area contributed by atoms with Gasteiger partial charge in [0, 0.05) is 57.0 Å². The minimum atomic E-state index is -0.114. The zero-order chi connectivity index (χ0) is 45.6. The molecule has 0 fully saturated rings. The van der Waals surface area contributed by atoms with Gasteiger partial charge in [-0.15, -0.1) is 0 Å². The molecule has 0 saturated carbocycles. The number of hydrogen-bond donors (Lipinski definition) is 0. The third-order valence-corrected chi connectivity index (χ3v) is 12.2. The second-order valence-corrected chi connectivity index (χ2v) is 16.1. The van der Waals surface area contributed by atoms with E-state index < -0.39 is 0 Å². The number of nitriles is 2. The van der Waals surface area contributed by atoms with Crippen LogP contribution >= 0.6 is 0 Å². The summed E-state index contributed by atoms with van der Waals surface area (Å²) in [6.45, 7) is 0. The van der Waals surface area contributed by atoms with Crippen LogP contribution < -0.4 is 9.80 Å². The van der Waals surface area contributed by atoms with Crippen molar-refractivity contribution in [1.82, 2.24) is 29.9 Å². The van der Waals surface area contributed by atoms with Crippen LogP contribution in [0, 0.1) is 22.7 Å². The van der Waals surface area contributed by atoms with Gasteiger partial charge < -0.3 is 9.80 Å². The van der Waals surface area contributed by atoms with E-state index >= 15 is 0 Å². The van der Waals surface area contributed by atoms with E-state index in [9.17, 15) is 10.5 Å². The smallest absolute Gasteiger partial charge is 0.177 e. The summed E-state index contributed by atoms with van der Waals surface area (Å²) >= 11 is 0. The Morgan fingerprint density at radius 1 is 0.309 bits per heavy atom. The lowest BCUT2D eigenvalue weighted by molar-refractivity contribution is 1.19. The molecule has 316 valence electrons. The Hall–Kier alpha value is -9.90. The number of aromatic nitrogens is 6. The minimum Gasteiger partial charge on any atom is -0.310 e. The third-order valence-electron chi connectivity index (χ3n) is 12.2. The summed E-state index contributed by atoms with van der Waals surface area (Å²) in [6, 6.07) is 70.8. The summed E-state index contributed by atoms with van der Waals surface area (Å²) in [5, 5.41) is 24.2. The first kappa shape index (κ1) is 39.7. The predicted octanol–water partition coefficient (Wildman–Crippen LogP) is 13.8. The van der Waals surface area contributed by atoms with Gasteiger partial charge in [0.15, 0.2) is 11.4 Å². The Kier molecular flexibility index (Phi) is 9.67. The van der Waals surface area contributed by atoms with E-state index in [-0.39, 0.29) is 11.4 Å². The Bertz CT molecular complexity index is 3920. The van der Waals surface area contributed by atoms with Crippen molar-refractivity contribution in [1.29, 1.82) is 10.5 Å². The molecule has 0 unspecified atom stereocenters. The van der Waals surface area contributed by atoms with Crippen LogP contribution in [0.15, 0.2) is 207 Å². The van der Waals surface area contributed by atoms with Gasteiger partial charge in [0.05, 0.1) is 22.8 Å². The maximum Gasteiger partial charge on any atom is 0.177 e. The van der Waals surface area contributed by atoms with Crippen LogP contribution in [0.3, 0.4) is 0 Å². The molecule has 0 N–H and O–H groups in total. The van der Waals surface area contributed by atoms with Crippen LogP contribution in [0.25, 0.3) is 77.2 Å². The fourth-order valence-corrected chi connectivity index (χ4v) is 9.28. The fourth-order valence-electron chi connectivity index (χ4n) is 9.28. The SMILES string of the molecule is N#Cc1nc2c3nccnc3c3nc(-c4ccc(N(c5ccccc5)c5ccccc5)c5ccccc45)c(-c4ccc(N(c5ccccc5)c5ccccc5)c5ccccc45)nc3c2nc1C#N. The molecule has 10 nitrogen and oxygen atoms in total. The summed E-state index contributed by atoms with van der Waals surface area (Å²) in [5.74, 6) is 0. The van der Waals surface area contributed by atoms with Gasteiger partial charge in [-0.05, 0) is 83.6 Å². The first-order chi connectivity index (χ1) is 33.7. The topological polar surface area (TPSA) is 131 Å². The maximum atomic E-state index is 10.2. The number of rotatable bonds is 8. The highest BCUT2D eigenvalue weighted by atomic mass is 15.1. The second kappa shape index (κ2) is 16.6. The van der Waals surface area contributed by atoms with Crippen LogP contribution in [0.1, 0.15) is 11.4 Å². The van der Waals surface area contributed by atoms with Gasteiger partial charge >= 0.3 is 0 Å². The summed E-state index contributed by atoms with van der Waals surface area (Å²) in [4.78, 5) is 34.6. The van der Waals surface area contributed by atoms with Crippen molar-refractivity contribution in [2.75, 3.05) is 9.80 Å². The highest BCUT2D eigenvalue weighted by molar-refractivity contribution is 6.20. The van der Waals surface area contributed by atoms with Crippen LogP contribution in [-0.4, -0.2) is 29.9 Å². The van der Waals surface area contributed by atoms with E-state index in [1.54, 1.807) is 12.4 Å². The Morgan fingerprint density at radius 2 is 0.618 bits per heavy atom. The molecule has 12 rings (SSSR count). The van der Waals surface area contributed by atoms with Crippen LogP contribution in [0.2, 0.25) is 0 Å². The summed E-state index contributed by atoms with van der Waals surface area (Å²) in [7, 11) is 0. The molecule has 12 aromatic rings. The first-order valence-corrected chi connectivity index (χ1v) is 22.0. The van der Waals surface area contributed by atoms with E-state index in [0.29, 0.717) is 44.5 Å². The molecule has 10 heteroatoms. The number of anilines is 6. The molecule has 68 heavy (non-hydrogen) atoms. The van der Waals surface area contributed by atoms with Crippen molar-refractivity contribution in [3.8, 4) is 34.7 Å². The number of nitrogens with zero attached hydrogens (tertiary/aromatic N) is 10. The molecule has 0 aliphatic rings. The lowest BCUT2D eigenvalue weighted by atomic mass is 9.93. The van der Waals surface area contributed by atoms with E-state index in [1.165, 1.54) is 0 Å². The Labute approximate surface area is 390 Å². The van der Waals surface area contributed by atoms with E-state index in [0.717, 1.165) is 66.8 Å². The Morgan fingerprint density at radius 3 is 0.985 bits per heavy atom. The lowest BCUT2D eigenvalue weighted by Crippen LogP contribution is -2.11. The van der Waals surface area contributed by atoms with Gasteiger partial charge in [0.25, 0.3) is 0 Å². The minimum absolute atomic E-state index is 0.106. The number of fused-ring (bicyclic) bond motifs is 8. The first-order valence-electron chi connectivity index (χ1n) is 22.0. The fraction of sp³-hybridized carbons (Fsp3) is 0. The molecule has 0 aliphatic carbocycles. The van der Waals surface area contributed by atoms with Gasteiger partial charge in [-0.1, -0.05) is 121 Å². The van der Waals surface area contributed by atoms with Crippen molar-refractivity contribution in [3.63, 3.8) is 0 Å². The van der Waals surface area contributed by atoms with Gasteiger partial charge in [-0.25, -0.2) is 19.9 Å². The van der Waals surface area contributed by atoms with Crippen LogP contribution in [0.4, 0.5) is 34.1 Å². The van der Waals surface area contributed by atoms with Crippen LogP contribution in [0.5, 0.6) is 0 Å². The van der Waals surface area contributed by atoms with Crippen molar-refractivity contribution in [2.24, 2.45) is 0 Å². The average Bonchev–Trinajstić information content (AvgIpc) is 3.41. The zero-order valence-corrected chi connectivity index (χ0v) is 36.1. The average molecular weight is 871 g/mol. The second-order valence-electron chi connectivity index (χ2n) is 16.1. The van der Waals surface area contributed by atoms with Crippen molar-refractivity contribution in [2.45, 2.75) is 0 Å². The van der Waals surface area contributed by atoms with E-state index in [1.807, 2.05) is 66.7 Å². The molecule has 3 aromatic heterocycles. The monoisotopic (exact) mass is 870 g/mol. The summed E-state index contributed by atoms with van der Waals surface area (Å²) in [5.41, 5.74) is 10.9. The lowest BCUT2D eigenvalue weighted by Gasteiger charge is -2.28. The number of hydrogen-bond acceptors (Lipinski definition) is 10. The molecule has 0 amide bonds. The van der Waals surface area contributed by atoms with Crippen molar-refractivity contribution >= 4 is 88.8 Å². The van der Waals surface area contributed by atoms with Gasteiger partial charge in [-0.3, -0.25) is 9.97 Å². The van der Waals surface area contributed by atoms with Crippen molar-refractivity contribution in [3.05, 3.63) is 218 Å². The van der Waals surface area contributed by atoms with Crippen LogP contribution in [-0.2, 0) is 0 Å². The molecule has 9 aromatic carbocycles. The highest BCUT2D eigenvalue weighted by Gasteiger charge is 2.26. The standard InChI is InChI=1S/C58H34N10/c59-35-47-48(36-60)64-57-55(63-47)53-54(62-34-33-61-53)56-58(57)66-52(46-30-32-50(44-28-16-14-26-42(44)46)68(39-21-9-3-10-22-39)40-23-11-4-12-24-40)51(65-56)45-29-31-49(43-27-15-13-25-41(43)45)67(37-17-5-1-6-18-37)38-19-7-2-8-20-38/h1-34H. The largest absolute Gasteiger partial charge is 0.310 e. The molecular weight excluding hydrogens is 837 g/mol. The quantitative estimate of drug-likeness (QED) is 0.136. The normalized spacial score (nSPS) is 11.2. The van der Waals surface area contributed by atoms with E-state index in [2.05, 4.69) is 154 Å². The molecular formula is C58H34N10. The van der Waals surface area contributed by atoms with Crippen molar-refractivity contribution < 1.29 is 0 Å². The third kappa shape index (κ3) is 6.56. The molecule has 0 aliphatic heterocycles. The molecule has 0 atom stereocenters. The summed E-state index contributed by atoms with van der Waals surface area (Å²) < 4.78 is 0. The zero-order valence-electron chi connectivity index (χ0n) is 36.1. The maximum absolute atomic E-state index is 10.2. The van der Waals surface area contributed by atoms with Gasteiger partial charge in [0.1, 0.15) is 45.2 Å². The summed E-state index contributed by atoms with van der Waals surface area (Å²) in [6.07, 6.45) is 3.18. The molecule has 3 heterocycles. The van der Waals surface area contributed by atoms with Gasteiger partial charge in [0.2, 0.25) is 0 Å². The Balaban J connectivity index is 1.19. The predicted molar refractivity (Wildman–Crippen MR) is 270 cm³/mol. The van der Waals surface area contributed by atoms with Gasteiger partial charge in [-0.2, -0.15) is 10.5 Å². The highest BCUT2D eigenvalue weighted by Crippen LogP contribution is 2.47. The molecule has 0 spiro atoms. The van der Waals surface area contributed by atoms with E-state index in [4.69, 9.17) is 24.9 Å². The molecule has 0 saturated heterocycles.